The lowest BCUT2D eigenvalue weighted by Crippen LogP contribution is -2.70. The van der Waals surface area contributed by atoms with Gasteiger partial charge in [0.25, 0.3) is 0 Å². The molecule has 9 nitrogen and oxygen atoms in total. The van der Waals surface area contributed by atoms with Crippen LogP contribution in [0.5, 0.6) is 5.75 Å². The van der Waals surface area contributed by atoms with Gasteiger partial charge in [0.1, 0.15) is 36.3 Å². The molecule has 9 heteroatoms. The normalized spacial score (nSPS) is 41.4. The van der Waals surface area contributed by atoms with Crippen molar-refractivity contribution in [1.82, 2.24) is 0 Å². The first-order valence-electron chi connectivity index (χ1n) is 15.9. The molecule has 3 aliphatic heterocycles. The van der Waals surface area contributed by atoms with Gasteiger partial charge >= 0.3 is 0 Å². The Labute approximate surface area is 254 Å². The monoisotopic (exact) mass is 600 g/mol. The smallest absolute Gasteiger partial charge is 0.232 e. The fourth-order valence-electron chi connectivity index (χ4n) is 7.91. The first-order valence-corrected chi connectivity index (χ1v) is 15.9. The third-order valence-corrected chi connectivity index (χ3v) is 10.4. The Bertz CT molecular complexity index is 1130. The van der Waals surface area contributed by atoms with Crippen LogP contribution in [0.1, 0.15) is 76.2 Å². The summed E-state index contributed by atoms with van der Waals surface area (Å²) in [6.07, 6.45) is 3.90. The van der Waals surface area contributed by atoms with E-state index in [2.05, 4.69) is 18.6 Å². The van der Waals surface area contributed by atoms with Crippen LogP contribution in [0.2, 0.25) is 0 Å². The molecule has 0 unspecified atom stereocenters. The maximum Gasteiger partial charge on any atom is 0.232 e. The minimum absolute atomic E-state index is 0.0757. The SMILES string of the molecule is C=CCc1ccc(O[C@H]2O[C@H]3[C@@H](O)[C@H](O)[C@]2(O)C[C@H]([C@H]2CC[C@@H]4CCCC[C@]4(O)C2)[C@@H](O)CC#CO[C@H]3CCCO)cc1. The topological polar surface area (TPSA) is 149 Å². The van der Waals surface area contributed by atoms with Crippen molar-refractivity contribution in [1.29, 1.82) is 0 Å². The van der Waals surface area contributed by atoms with Gasteiger partial charge < -0.3 is 44.8 Å². The lowest BCUT2D eigenvalue weighted by Gasteiger charge is -2.53. The average molecular weight is 601 g/mol. The molecule has 43 heavy (non-hydrogen) atoms. The van der Waals surface area contributed by atoms with E-state index in [4.69, 9.17) is 14.2 Å². The highest BCUT2D eigenvalue weighted by molar-refractivity contribution is 5.29. The quantitative estimate of drug-likeness (QED) is 0.196. The molecule has 0 amide bonds. The van der Waals surface area contributed by atoms with E-state index in [-0.39, 0.29) is 37.7 Å². The van der Waals surface area contributed by atoms with Crippen molar-refractivity contribution < 1.29 is 44.8 Å². The summed E-state index contributed by atoms with van der Waals surface area (Å²) in [7, 11) is 0. The van der Waals surface area contributed by atoms with E-state index in [0.717, 1.165) is 37.7 Å². The summed E-state index contributed by atoms with van der Waals surface area (Å²) in [6.45, 7) is 3.65. The summed E-state index contributed by atoms with van der Waals surface area (Å²) in [5.74, 6) is 2.79. The van der Waals surface area contributed by atoms with Gasteiger partial charge in [-0.15, -0.1) is 6.58 Å². The number of fused-ring (bicyclic) bond motifs is 9. The Morgan fingerprint density at radius 3 is 2.58 bits per heavy atom. The molecule has 0 radical (unpaired) electrons. The summed E-state index contributed by atoms with van der Waals surface area (Å²) >= 11 is 0. The Hall–Kier alpha value is -2.16. The molecule has 6 rings (SSSR count). The minimum Gasteiger partial charge on any atom is -0.462 e. The highest BCUT2D eigenvalue weighted by Gasteiger charge is 2.60. The maximum atomic E-state index is 12.3. The summed E-state index contributed by atoms with van der Waals surface area (Å²) < 4.78 is 18.3. The molecule has 1 saturated heterocycles. The Kier molecular flexibility index (Phi) is 10.4. The lowest BCUT2D eigenvalue weighted by atomic mass is 9.60. The van der Waals surface area contributed by atoms with Crippen LogP contribution in [0.4, 0.5) is 0 Å². The van der Waals surface area contributed by atoms with Crippen LogP contribution in [0.15, 0.2) is 36.9 Å². The van der Waals surface area contributed by atoms with Gasteiger partial charge in [0, 0.05) is 13.0 Å². The van der Waals surface area contributed by atoms with E-state index in [1.165, 1.54) is 0 Å². The van der Waals surface area contributed by atoms with Crippen LogP contribution in [-0.4, -0.2) is 85.3 Å². The molecule has 5 aliphatic rings. The third-order valence-electron chi connectivity index (χ3n) is 10.4. The zero-order valence-electron chi connectivity index (χ0n) is 24.9. The van der Waals surface area contributed by atoms with Crippen molar-refractivity contribution in [3.63, 3.8) is 0 Å². The highest BCUT2D eigenvalue weighted by Crippen LogP contribution is 2.50. The number of aliphatic hydroxyl groups is 6. The lowest BCUT2D eigenvalue weighted by molar-refractivity contribution is -0.334. The van der Waals surface area contributed by atoms with Crippen LogP contribution in [0.3, 0.4) is 0 Å². The van der Waals surface area contributed by atoms with Gasteiger partial charge in [-0.1, -0.05) is 37.0 Å². The largest absolute Gasteiger partial charge is 0.462 e. The van der Waals surface area contributed by atoms with Crippen LogP contribution in [-0.2, 0) is 15.9 Å². The van der Waals surface area contributed by atoms with Gasteiger partial charge in [0.2, 0.25) is 6.29 Å². The Morgan fingerprint density at radius 2 is 1.84 bits per heavy atom. The number of hydrogen-bond acceptors (Lipinski definition) is 9. The molecule has 2 saturated carbocycles. The number of allylic oxidation sites excluding steroid dienone is 1. The summed E-state index contributed by atoms with van der Waals surface area (Å²) in [5, 5.41) is 67.9. The van der Waals surface area contributed by atoms with E-state index >= 15 is 0 Å². The Morgan fingerprint density at radius 1 is 1.05 bits per heavy atom. The molecule has 0 aromatic heterocycles. The Balaban J connectivity index is 1.50. The number of aliphatic hydroxyl groups excluding tert-OH is 4. The summed E-state index contributed by atoms with van der Waals surface area (Å²) in [4.78, 5) is 0. The third kappa shape index (κ3) is 6.91. The van der Waals surface area contributed by atoms with E-state index in [9.17, 15) is 30.6 Å². The number of ether oxygens (including phenoxy) is 3. The van der Waals surface area contributed by atoms with Crippen LogP contribution < -0.4 is 4.74 Å². The minimum atomic E-state index is -2.11. The van der Waals surface area contributed by atoms with Gasteiger partial charge in [-0.25, -0.2) is 0 Å². The van der Waals surface area contributed by atoms with Gasteiger partial charge in [-0.2, -0.15) is 0 Å². The molecule has 3 fully saturated rings. The van der Waals surface area contributed by atoms with Crippen molar-refractivity contribution in [3.05, 3.63) is 42.5 Å². The zero-order valence-corrected chi connectivity index (χ0v) is 24.9. The van der Waals surface area contributed by atoms with E-state index < -0.39 is 53.9 Å². The number of benzene rings is 1. The van der Waals surface area contributed by atoms with E-state index in [1.54, 1.807) is 18.2 Å². The van der Waals surface area contributed by atoms with Gasteiger partial charge in [0.15, 0.2) is 5.60 Å². The predicted octanol–water partition coefficient (Wildman–Crippen LogP) is 2.58. The molecule has 238 valence electrons. The molecule has 3 heterocycles. The first-order chi connectivity index (χ1) is 20.7. The molecule has 6 N–H and O–H groups in total. The number of hydrogen-bond donors (Lipinski definition) is 6. The van der Waals surface area contributed by atoms with E-state index in [1.807, 2.05) is 12.1 Å². The van der Waals surface area contributed by atoms with Crippen LogP contribution in [0.25, 0.3) is 0 Å². The molecule has 1 aromatic rings. The van der Waals surface area contributed by atoms with Crippen LogP contribution in [0, 0.1) is 29.8 Å². The van der Waals surface area contributed by atoms with Gasteiger partial charge in [-0.05, 0) is 93.2 Å². The summed E-state index contributed by atoms with van der Waals surface area (Å²) in [6, 6.07) is 7.24. The standard InChI is InChI=1S/C34H48O9/c1-2-7-22-11-15-25(16-12-22)42-32-34(40)21-26(23-13-14-24-8-3-4-17-33(24,39)20-23)27(36)9-6-19-41-28(10-5-18-35)30(43-32)29(37)31(34)38/h2,11-12,15-16,23-24,26-32,35-40H,1,3-5,7-10,13-14,17-18,20-21H2/t23-,24-,26+,27-,28-,29+,30+,31-,32-,33-,34+/m0/s1. The molecule has 2 bridgehead atoms. The summed E-state index contributed by atoms with van der Waals surface area (Å²) in [5.41, 5.74) is -1.91. The fourth-order valence-corrected chi connectivity index (χ4v) is 7.91. The van der Waals surface area contributed by atoms with Crippen LogP contribution >= 0.6 is 0 Å². The van der Waals surface area contributed by atoms with Crippen molar-refractivity contribution in [2.75, 3.05) is 6.61 Å². The van der Waals surface area contributed by atoms with Crippen molar-refractivity contribution >= 4 is 0 Å². The molecule has 11 atom stereocenters. The van der Waals surface area contributed by atoms with Gasteiger partial charge in [0.05, 0.1) is 11.7 Å². The number of rotatable bonds is 8. The van der Waals surface area contributed by atoms with Crippen molar-refractivity contribution in [3.8, 4) is 17.8 Å². The molecule has 1 aromatic carbocycles. The van der Waals surface area contributed by atoms with E-state index in [0.29, 0.717) is 31.4 Å². The predicted molar refractivity (Wildman–Crippen MR) is 159 cm³/mol. The molecule has 2 aliphatic carbocycles. The van der Waals surface area contributed by atoms with Crippen molar-refractivity contribution in [2.45, 2.75) is 125 Å². The molecule has 0 spiro atoms. The average Bonchev–Trinajstić information content (AvgIpc) is 3.00. The fraction of sp³-hybridized carbons (Fsp3) is 0.706. The second-order valence-corrected chi connectivity index (χ2v) is 13.1. The second kappa shape index (κ2) is 13.9. The van der Waals surface area contributed by atoms with Crippen molar-refractivity contribution in [2.24, 2.45) is 17.8 Å². The molecular weight excluding hydrogens is 552 g/mol. The second-order valence-electron chi connectivity index (χ2n) is 13.1. The van der Waals surface area contributed by atoms with Gasteiger partial charge in [-0.3, -0.25) is 0 Å². The first kappa shape index (κ1) is 32.2. The molecular formula is C34H48O9. The maximum absolute atomic E-state index is 12.3. The highest BCUT2D eigenvalue weighted by atomic mass is 16.7. The zero-order chi connectivity index (χ0) is 30.6.